The van der Waals surface area contributed by atoms with Gasteiger partial charge in [0.2, 0.25) is 0 Å². The van der Waals surface area contributed by atoms with Gasteiger partial charge < -0.3 is 13.6 Å². The van der Waals surface area contributed by atoms with Gasteiger partial charge in [0.25, 0.3) is 0 Å². The van der Waals surface area contributed by atoms with Gasteiger partial charge in [0.05, 0.1) is 27.5 Å². The third-order valence-electron chi connectivity index (χ3n) is 11.2. The number of benzene rings is 8. The first-order valence-corrected chi connectivity index (χ1v) is 19.1. The van der Waals surface area contributed by atoms with Gasteiger partial charge in [0, 0.05) is 55.0 Å². The van der Waals surface area contributed by atoms with Crippen LogP contribution in [0.2, 0.25) is 0 Å². The lowest BCUT2D eigenvalue weighted by molar-refractivity contribution is 0.669. The summed E-state index contributed by atoms with van der Waals surface area (Å²) < 4.78 is 11.4. The highest BCUT2D eigenvalue weighted by atomic mass is 16.3. The molecule has 4 heterocycles. The monoisotopic (exact) mass is 729 g/mol. The van der Waals surface area contributed by atoms with Crippen LogP contribution in [-0.2, 0) is 0 Å². The Balaban J connectivity index is 1.17. The SMILES string of the molecule is c1ccc(-c2nc(-c3ccccc3)nc(-c3ccc(-n4c5c(ccc6oc7ccccc7c65)c5ccc6c7ccccc7n(-c7ccccc7)c6c54)cc3)n2)cc1. The molecule has 0 saturated heterocycles. The van der Waals surface area contributed by atoms with E-state index < -0.39 is 0 Å². The lowest BCUT2D eigenvalue weighted by Gasteiger charge is -2.13. The van der Waals surface area contributed by atoms with Gasteiger partial charge in [0.1, 0.15) is 11.2 Å². The van der Waals surface area contributed by atoms with Gasteiger partial charge in [-0.1, -0.05) is 127 Å². The lowest BCUT2D eigenvalue weighted by atomic mass is 10.1. The van der Waals surface area contributed by atoms with Crippen LogP contribution in [0, 0.1) is 0 Å². The normalized spacial score (nSPS) is 11.9. The Morgan fingerprint density at radius 1 is 0.316 bits per heavy atom. The Morgan fingerprint density at radius 3 is 1.46 bits per heavy atom. The van der Waals surface area contributed by atoms with Crippen LogP contribution in [0.4, 0.5) is 0 Å². The van der Waals surface area contributed by atoms with Gasteiger partial charge in [-0.2, -0.15) is 0 Å². The van der Waals surface area contributed by atoms with Crippen molar-refractivity contribution in [1.82, 2.24) is 24.1 Å². The molecule has 0 N–H and O–H groups in total. The molecule has 0 fully saturated rings. The predicted molar refractivity (Wildman–Crippen MR) is 232 cm³/mol. The maximum absolute atomic E-state index is 6.51. The molecule has 0 aliphatic carbocycles. The van der Waals surface area contributed by atoms with Crippen LogP contribution < -0.4 is 0 Å². The zero-order valence-corrected chi connectivity index (χ0v) is 30.5. The first-order chi connectivity index (χ1) is 28.3. The Labute approximate surface area is 326 Å². The molecule has 4 aromatic heterocycles. The summed E-state index contributed by atoms with van der Waals surface area (Å²) in [7, 11) is 0. The minimum atomic E-state index is 0.617. The molecular formula is C51H31N5O. The lowest BCUT2D eigenvalue weighted by Crippen LogP contribution is -2.01. The molecule has 0 aliphatic rings. The number of hydrogen-bond donors (Lipinski definition) is 0. The highest BCUT2D eigenvalue weighted by Gasteiger charge is 2.24. The van der Waals surface area contributed by atoms with E-state index in [1.165, 1.54) is 16.2 Å². The molecule has 0 amide bonds. The fourth-order valence-corrected chi connectivity index (χ4v) is 8.64. The van der Waals surface area contributed by atoms with Crippen molar-refractivity contribution in [2.45, 2.75) is 0 Å². The van der Waals surface area contributed by atoms with Crippen molar-refractivity contribution in [3.8, 4) is 45.5 Å². The van der Waals surface area contributed by atoms with E-state index in [2.05, 4.69) is 130 Å². The minimum absolute atomic E-state index is 0.617. The molecule has 0 unspecified atom stereocenters. The van der Waals surface area contributed by atoms with E-state index in [4.69, 9.17) is 19.4 Å². The van der Waals surface area contributed by atoms with Crippen LogP contribution in [0.25, 0.3) is 111 Å². The van der Waals surface area contributed by atoms with Gasteiger partial charge in [-0.3, -0.25) is 0 Å². The Kier molecular flexibility index (Phi) is 6.83. The van der Waals surface area contributed by atoms with Crippen molar-refractivity contribution < 1.29 is 4.42 Å². The minimum Gasteiger partial charge on any atom is -0.456 e. The zero-order valence-electron chi connectivity index (χ0n) is 30.5. The second kappa shape index (κ2) is 12.3. The number of rotatable bonds is 5. The van der Waals surface area contributed by atoms with E-state index in [0.29, 0.717) is 17.5 Å². The quantitative estimate of drug-likeness (QED) is 0.177. The topological polar surface area (TPSA) is 61.7 Å². The summed E-state index contributed by atoms with van der Waals surface area (Å²) in [6.45, 7) is 0. The molecule has 0 aliphatic heterocycles. The summed E-state index contributed by atoms with van der Waals surface area (Å²) in [5.41, 5.74) is 11.2. The molecule has 0 radical (unpaired) electrons. The largest absolute Gasteiger partial charge is 0.456 e. The van der Waals surface area contributed by atoms with E-state index in [0.717, 1.165) is 77.5 Å². The molecule has 12 rings (SSSR count). The summed E-state index contributed by atoms with van der Waals surface area (Å²) >= 11 is 0. The zero-order chi connectivity index (χ0) is 37.5. The number of aromatic nitrogens is 5. The summed E-state index contributed by atoms with van der Waals surface area (Å²) in [5, 5.41) is 6.93. The van der Waals surface area contributed by atoms with Crippen molar-refractivity contribution in [3.63, 3.8) is 0 Å². The smallest absolute Gasteiger partial charge is 0.164 e. The first kappa shape index (κ1) is 31.5. The third-order valence-corrected chi connectivity index (χ3v) is 11.2. The maximum atomic E-state index is 6.51. The molecule has 57 heavy (non-hydrogen) atoms. The maximum Gasteiger partial charge on any atom is 0.164 e. The van der Waals surface area contributed by atoms with Crippen molar-refractivity contribution in [1.29, 1.82) is 0 Å². The summed E-state index contributed by atoms with van der Waals surface area (Å²) in [6, 6.07) is 65.5. The van der Waals surface area contributed by atoms with Gasteiger partial charge in [0.15, 0.2) is 17.5 Å². The highest BCUT2D eigenvalue weighted by molar-refractivity contribution is 6.29. The Morgan fingerprint density at radius 2 is 0.789 bits per heavy atom. The summed E-state index contributed by atoms with van der Waals surface area (Å²) in [6.07, 6.45) is 0. The number of hydrogen-bond acceptors (Lipinski definition) is 4. The number of para-hydroxylation sites is 3. The van der Waals surface area contributed by atoms with Crippen molar-refractivity contribution in [3.05, 3.63) is 188 Å². The number of nitrogens with zero attached hydrogens (tertiary/aromatic N) is 5. The second-order valence-electron chi connectivity index (χ2n) is 14.4. The van der Waals surface area contributed by atoms with Crippen molar-refractivity contribution in [2.75, 3.05) is 0 Å². The van der Waals surface area contributed by atoms with Crippen molar-refractivity contribution >= 4 is 65.6 Å². The van der Waals surface area contributed by atoms with Crippen LogP contribution in [0.1, 0.15) is 0 Å². The van der Waals surface area contributed by atoms with Crippen LogP contribution in [0.15, 0.2) is 192 Å². The van der Waals surface area contributed by atoms with Gasteiger partial charge in [-0.15, -0.1) is 0 Å². The van der Waals surface area contributed by atoms with Crippen molar-refractivity contribution in [2.24, 2.45) is 0 Å². The average Bonchev–Trinajstić information content (AvgIpc) is 3.95. The predicted octanol–water partition coefficient (Wildman–Crippen LogP) is 13.0. The molecule has 0 saturated carbocycles. The van der Waals surface area contributed by atoms with E-state index in [1.807, 2.05) is 66.7 Å². The molecule has 8 aromatic carbocycles. The van der Waals surface area contributed by atoms with E-state index in [9.17, 15) is 0 Å². The molecular weight excluding hydrogens is 699 g/mol. The van der Waals surface area contributed by atoms with Crippen LogP contribution in [-0.4, -0.2) is 24.1 Å². The summed E-state index contributed by atoms with van der Waals surface area (Å²) in [5.74, 6) is 1.89. The molecule has 0 atom stereocenters. The van der Waals surface area contributed by atoms with Gasteiger partial charge in [-0.05, 0) is 60.7 Å². The molecule has 0 spiro atoms. The molecule has 266 valence electrons. The molecule has 12 aromatic rings. The number of fused-ring (bicyclic) bond motifs is 11. The van der Waals surface area contributed by atoms with Gasteiger partial charge in [-0.25, -0.2) is 15.0 Å². The van der Waals surface area contributed by atoms with E-state index in [1.54, 1.807) is 0 Å². The summed E-state index contributed by atoms with van der Waals surface area (Å²) in [4.78, 5) is 15.0. The fourth-order valence-electron chi connectivity index (χ4n) is 8.64. The Bertz CT molecular complexity index is 3430. The fraction of sp³-hybridized carbons (Fsp3) is 0. The standard InChI is InChI=1S/C51H31N5O/c1-4-14-32(15-5-1)49-52-50(33-16-6-2-7-17-33)54-51(53-49)34-24-26-36(27-25-34)56-46-39(30-31-44-45(46)41-21-11-13-23-43(41)57-44)40-29-28-38-37-20-10-12-22-42(37)55(47(38)48(40)56)35-18-8-3-9-19-35/h1-31H. The third kappa shape index (κ3) is 4.81. The van der Waals surface area contributed by atoms with Crippen LogP contribution in [0.5, 0.6) is 0 Å². The second-order valence-corrected chi connectivity index (χ2v) is 14.4. The molecule has 6 heteroatoms. The van der Waals surface area contributed by atoms with E-state index in [-0.39, 0.29) is 0 Å². The van der Waals surface area contributed by atoms with Gasteiger partial charge >= 0.3 is 0 Å². The van der Waals surface area contributed by atoms with E-state index >= 15 is 0 Å². The first-order valence-electron chi connectivity index (χ1n) is 19.1. The molecule has 6 nitrogen and oxygen atoms in total. The average molecular weight is 730 g/mol. The van der Waals surface area contributed by atoms with Crippen LogP contribution in [0.3, 0.4) is 0 Å². The Hall–Kier alpha value is -7.83. The number of furan rings is 1. The molecule has 0 bridgehead atoms. The van der Waals surface area contributed by atoms with Crippen LogP contribution >= 0.6 is 0 Å². The highest BCUT2D eigenvalue weighted by Crippen LogP contribution is 2.45.